The molecule has 3 unspecified atom stereocenters. The molecule has 2 saturated carbocycles. The molecule has 16 heavy (non-hydrogen) atoms. The van der Waals surface area contributed by atoms with Crippen LogP contribution in [-0.4, -0.2) is 49.8 Å². The zero-order valence-corrected chi connectivity index (χ0v) is 10.3. The first-order valence-corrected chi connectivity index (χ1v) is 6.85. The monoisotopic (exact) mass is 224 g/mol. The van der Waals surface area contributed by atoms with Crippen LogP contribution in [0.5, 0.6) is 0 Å². The lowest BCUT2D eigenvalue weighted by atomic mass is 10.1. The first-order valence-electron chi connectivity index (χ1n) is 6.85. The fourth-order valence-electron chi connectivity index (χ4n) is 3.46. The molecule has 1 saturated heterocycles. The second-order valence-corrected chi connectivity index (χ2v) is 5.82. The smallest absolute Gasteiger partial charge is 0.0630 e. The summed E-state index contributed by atoms with van der Waals surface area (Å²) < 4.78 is 5.40. The Morgan fingerprint density at radius 1 is 1.31 bits per heavy atom. The van der Waals surface area contributed by atoms with E-state index >= 15 is 0 Å². The van der Waals surface area contributed by atoms with Crippen molar-refractivity contribution in [3.8, 4) is 0 Å². The van der Waals surface area contributed by atoms with Crippen LogP contribution in [0.25, 0.3) is 0 Å². The minimum Gasteiger partial charge on any atom is -0.383 e. The van der Waals surface area contributed by atoms with Gasteiger partial charge in [-0.1, -0.05) is 0 Å². The van der Waals surface area contributed by atoms with E-state index in [2.05, 4.69) is 10.2 Å². The van der Waals surface area contributed by atoms with E-state index in [-0.39, 0.29) is 0 Å². The number of hydrogen-bond acceptors (Lipinski definition) is 3. The Hall–Kier alpha value is -0.120. The van der Waals surface area contributed by atoms with Crippen molar-refractivity contribution in [3.63, 3.8) is 0 Å². The number of piperidine rings is 1. The summed E-state index contributed by atoms with van der Waals surface area (Å²) in [6.07, 6.45) is 7.10. The largest absolute Gasteiger partial charge is 0.383 e. The first kappa shape index (κ1) is 11.0. The van der Waals surface area contributed by atoms with Crippen molar-refractivity contribution in [1.29, 1.82) is 0 Å². The Labute approximate surface area is 98.5 Å². The SMILES string of the molecule is COCC(CNC1CC1)N1CC2CCC1C2. The predicted octanol–water partition coefficient (Wildman–Crippen LogP) is 1.24. The van der Waals surface area contributed by atoms with Crippen molar-refractivity contribution in [2.45, 2.75) is 50.2 Å². The summed E-state index contributed by atoms with van der Waals surface area (Å²) in [6.45, 7) is 3.34. The molecular formula is C13H24N2O. The minimum absolute atomic E-state index is 0.612. The van der Waals surface area contributed by atoms with E-state index in [4.69, 9.17) is 4.74 Å². The second kappa shape index (κ2) is 4.63. The van der Waals surface area contributed by atoms with Gasteiger partial charge < -0.3 is 10.1 Å². The predicted molar refractivity (Wildman–Crippen MR) is 64.5 cm³/mol. The lowest BCUT2D eigenvalue weighted by molar-refractivity contribution is 0.0686. The summed E-state index contributed by atoms with van der Waals surface area (Å²) in [4.78, 5) is 2.72. The zero-order valence-electron chi connectivity index (χ0n) is 10.3. The summed E-state index contributed by atoms with van der Waals surface area (Å²) >= 11 is 0. The zero-order chi connectivity index (χ0) is 11.0. The lowest BCUT2D eigenvalue weighted by Crippen LogP contribution is -2.49. The summed E-state index contributed by atoms with van der Waals surface area (Å²) in [5.41, 5.74) is 0. The Bertz CT molecular complexity index is 242. The molecule has 3 aliphatic rings. The molecular weight excluding hydrogens is 200 g/mol. The van der Waals surface area contributed by atoms with E-state index in [9.17, 15) is 0 Å². The third-order valence-corrected chi connectivity index (χ3v) is 4.50. The van der Waals surface area contributed by atoms with Crippen LogP contribution in [-0.2, 0) is 4.74 Å². The highest BCUT2D eigenvalue weighted by atomic mass is 16.5. The lowest BCUT2D eigenvalue weighted by Gasteiger charge is -2.34. The van der Waals surface area contributed by atoms with Gasteiger partial charge in [-0.2, -0.15) is 0 Å². The van der Waals surface area contributed by atoms with Crippen LogP contribution in [0, 0.1) is 5.92 Å². The highest BCUT2D eigenvalue weighted by Crippen LogP contribution is 2.38. The summed E-state index contributed by atoms with van der Waals surface area (Å²) in [7, 11) is 1.83. The third kappa shape index (κ3) is 2.27. The van der Waals surface area contributed by atoms with Crippen LogP contribution in [0.1, 0.15) is 32.1 Å². The standard InChI is InChI=1S/C13H24N2O/c1-16-9-13(7-14-11-3-4-11)15-8-10-2-5-12(15)6-10/h10-14H,2-9H2,1H3. The molecule has 1 heterocycles. The van der Waals surface area contributed by atoms with Gasteiger partial charge in [-0.05, 0) is 38.0 Å². The molecule has 0 aromatic carbocycles. The number of methoxy groups -OCH3 is 1. The first-order chi connectivity index (χ1) is 7.86. The minimum atomic E-state index is 0.612. The molecule has 0 radical (unpaired) electrons. The van der Waals surface area contributed by atoms with E-state index in [1.807, 2.05) is 7.11 Å². The Balaban J connectivity index is 1.54. The highest BCUT2D eigenvalue weighted by molar-refractivity contribution is 4.96. The van der Waals surface area contributed by atoms with Crippen molar-refractivity contribution < 1.29 is 4.74 Å². The van der Waals surface area contributed by atoms with Gasteiger partial charge in [0.2, 0.25) is 0 Å². The van der Waals surface area contributed by atoms with Gasteiger partial charge in [0, 0.05) is 38.3 Å². The molecule has 1 aliphatic heterocycles. The Morgan fingerprint density at radius 3 is 2.75 bits per heavy atom. The quantitative estimate of drug-likeness (QED) is 0.734. The van der Waals surface area contributed by atoms with Gasteiger partial charge in [-0.25, -0.2) is 0 Å². The van der Waals surface area contributed by atoms with E-state index in [0.717, 1.165) is 31.2 Å². The molecule has 0 amide bonds. The van der Waals surface area contributed by atoms with E-state index in [0.29, 0.717) is 6.04 Å². The number of likely N-dealkylation sites (tertiary alicyclic amines) is 1. The van der Waals surface area contributed by atoms with Crippen molar-refractivity contribution in [3.05, 3.63) is 0 Å². The van der Waals surface area contributed by atoms with Crippen LogP contribution in [0.2, 0.25) is 0 Å². The number of hydrogen-bond donors (Lipinski definition) is 1. The number of ether oxygens (including phenoxy) is 1. The Kier molecular flexibility index (Phi) is 3.18. The number of rotatable bonds is 6. The van der Waals surface area contributed by atoms with E-state index in [1.54, 1.807) is 0 Å². The summed E-state index contributed by atoms with van der Waals surface area (Å²) in [5, 5.41) is 3.66. The van der Waals surface area contributed by atoms with Gasteiger partial charge in [-0.15, -0.1) is 0 Å². The van der Waals surface area contributed by atoms with Crippen molar-refractivity contribution in [2.75, 3.05) is 26.8 Å². The van der Waals surface area contributed by atoms with Gasteiger partial charge >= 0.3 is 0 Å². The normalized spacial score (nSPS) is 35.8. The molecule has 0 aromatic heterocycles. The summed E-state index contributed by atoms with van der Waals surface area (Å²) in [6, 6.07) is 2.30. The maximum atomic E-state index is 5.40. The number of nitrogens with zero attached hydrogens (tertiary/aromatic N) is 1. The molecule has 0 aromatic rings. The van der Waals surface area contributed by atoms with Gasteiger partial charge in [-0.3, -0.25) is 4.90 Å². The molecule has 1 N–H and O–H groups in total. The van der Waals surface area contributed by atoms with E-state index in [1.165, 1.54) is 38.6 Å². The number of nitrogens with one attached hydrogen (secondary N) is 1. The second-order valence-electron chi connectivity index (χ2n) is 5.82. The van der Waals surface area contributed by atoms with Gasteiger partial charge in [0.15, 0.2) is 0 Å². The molecule has 0 spiro atoms. The van der Waals surface area contributed by atoms with Crippen LogP contribution in [0.4, 0.5) is 0 Å². The van der Waals surface area contributed by atoms with Crippen LogP contribution < -0.4 is 5.32 Å². The third-order valence-electron chi connectivity index (χ3n) is 4.50. The molecule has 2 aliphatic carbocycles. The molecule has 3 heteroatoms. The van der Waals surface area contributed by atoms with Crippen molar-refractivity contribution in [2.24, 2.45) is 5.92 Å². The maximum absolute atomic E-state index is 5.40. The van der Waals surface area contributed by atoms with Crippen LogP contribution in [0.15, 0.2) is 0 Å². The van der Waals surface area contributed by atoms with Gasteiger partial charge in [0.05, 0.1) is 6.61 Å². The fraction of sp³-hybridized carbons (Fsp3) is 1.00. The van der Waals surface area contributed by atoms with Crippen molar-refractivity contribution >= 4 is 0 Å². The number of fused-ring (bicyclic) bond motifs is 2. The molecule has 2 bridgehead atoms. The molecule has 3 rings (SSSR count). The van der Waals surface area contributed by atoms with E-state index < -0.39 is 0 Å². The highest BCUT2D eigenvalue weighted by Gasteiger charge is 2.41. The topological polar surface area (TPSA) is 24.5 Å². The Morgan fingerprint density at radius 2 is 2.19 bits per heavy atom. The van der Waals surface area contributed by atoms with Crippen LogP contribution in [0.3, 0.4) is 0 Å². The molecule has 3 fully saturated rings. The van der Waals surface area contributed by atoms with Crippen LogP contribution >= 0.6 is 0 Å². The fourth-order valence-corrected chi connectivity index (χ4v) is 3.46. The average molecular weight is 224 g/mol. The maximum Gasteiger partial charge on any atom is 0.0630 e. The van der Waals surface area contributed by atoms with Gasteiger partial charge in [0.1, 0.15) is 0 Å². The molecule has 3 atom stereocenters. The summed E-state index contributed by atoms with van der Waals surface area (Å²) in [5.74, 6) is 0.991. The van der Waals surface area contributed by atoms with Crippen molar-refractivity contribution in [1.82, 2.24) is 10.2 Å². The average Bonchev–Trinajstić information content (AvgIpc) is 2.88. The van der Waals surface area contributed by atoms with Gasteiger partial charge in [0.25, 0.3) is 0 Å². The molecule has 3 nitrogen and oxygen atoms in total. The molecule has 92 valence electrons.